The van der Waals surface area contributed by atoms with E-state index in [1.807, 2.05) is 0 Å². The van der Waals surface area contributed by atoms with E-state index in [4.69, 9.17) is 4.74 Å². The number of hydrogen-bond acceptors (Lipinski definition) is 7. The lowest BCUT2D eigenvalue weighted by molar-refractivity contribution is -0.158. The van der Waals surface area contributed by atoms with Crippen molar-refractivity contribution in [1.82, 2.24) is 9.80 Å². The molecule has 9 nitrogen and oxygen atoms in total. The maximum atomic E-state index is 12.5. The average molecular weight is 419 g/mol. The van der Waals surface area contributed by atoms with Crippen molar-refractivity contribution < 1.29 is 27.5 Å². The fourth-order valence-corrected chi connectivity index (χ4v) is 5.15. The van der Waals surface area contributed by atoms with Crippen molar-refractivity contribution in [3.63, 3.8) is 0 Å². The number of nitrogens with zero attached hydrogens (tertiary/aromatic N) is 3. The van der Waals surface area contributed by atoms with Crippen LogP contribution >= 0.6 is 0 Å². The van der Waals surface area contributed by atoms with Crippen molar-refractivity contribution >= 4 is 33.6 Å². The molecule has 1 aromatic carbocycles. The Morgan fingerprint density at radius 1 is 1.17 bits per heavy atom. The third-order valence-corrected chi connectivity index (χ3v) is 6.70. The zero-order chi connectivity index (χ0) is 20.6. The Balaban J connectivity index is 1.41. The van der Waals surface area contributed by atoms with E-state index in [-0.39, 0.29) is 17.3 Å². The molecule has 3 aliphatic rings. The number of carbonyl (C=O) groups excluding carboxylic acids is 3. The van der Waals surface area contributed by atoms with Crippen molar-refractivity contribution in [3.8, 4) is 0 Å². The molecule has 3 aliphatic heterocycles. The molecule has 0 aromatic heterocycles. The number of rotatable bonds is 3. The lowest BCUT2D eigenvalue weighted by atomic mass is 9.97. The molecule has 0 unspecified atom stereocenters. The molecule has 2 fully saturated rings. The molecule has 3 heterocycles. The number of likely N-dealkylation sites (tertiary alicyclic amines) is 2. The van der Waals surface area contributed by atoms with Crippen molar-refractivity contribution in [2.24, 2.45) is 10.3 Å². The Morgan fingerprint density at radius 2 is 1.97 bits per heavy atom. The lowest BCUT2D eigenvalue weighted by Gasteiger charge is -2.32. The number of benzene rings is 1. The summed E-state index contributed by atoms with van der Waals surface area (Å²) in [5.74, 6) is -1.42. The van der Waals surface area contributed by atoms with Gasteiger partial charge in [0.15, 0.2) is 12.4 Å². The first kappa shape index (κ1) is 19.6. The maximum Gasteiger partial charge on any atom is 0.311 e. The van der Waals surface area contributed by atoms with Gasteiger partial charge in [0.25, 0.3) is 15.9 Å². The van der Waals surface area contributed by atoms with Gasteiger partial charge in [-0.2, -0.15) is 8.42 Å². The van der Waals surface area contributed by atoms with Crippen molar-refractivity contribution in [2.45, 2.75) is 30.6 Å². The third-order valence-electron chi connectivity index (χ3n) is 5.38. The van der Waals surface area contributed by atoms with Crippen LogP contribution in [0.4, 0.5) is 0 Å². The van der Waals surface area contributed by atoms with Gasteiger partial charge >= 0.3 is 5.97 Å². The quantitative estimate of drug-likeness (QED) is 0.657. The number of ether oxygens (including phenoxy) is 1. The van der Waals surface area contributed by atoms with Gasteiger partial charge < -0.3 is 9.64 Å². The summed E-state index contributed by atoms with van der Waals surface area (Å²) in [6.07, 6.45) is 2.21. The van der Waals surface area contributed by atoms with Gasteiger partial charge in [0.1, 0.15) is 4.90 Å². The van der Waals surface area contributed by atoms with Crippen LogP contribution in [0.3, 0.4) is 0 Å². The van der Waals surface area contributed by atoms with Gasteiger partial charge in [0.2, 0.25) is 5.91 Å². The van der Waals surface area contributed by atoms with Gasteiger partial charge in [-0.3, -0.25) is 19.3 Å². The molecule has 2 saturated heterocycles. The van der Waals surface area contributed by atoms with Gasteiger partial charge in [-0.05, 0) is 31.4 Å². The molecule has 0 spiro atoms. The van der Waals surface area contributed by atoms with Crippen LogP contribution in [0, 0.1) is 5.92 Å². The van der Waals surface area contributed by atoms with E-state index in [1.165, 1.54) is 6.07 Å². The normalized spacial score (nSPS) is 23.0. The number of esters is 1. The minimum absolute atomic E-state index is 0.167. The number of imide groups is 1. The SMILES string of the molecule is O=C(OCC(=O)N1CCCC1=O)[C@H]1CCCN(C2=NS(=O)(=O)c3ccccc32)C1. The van der Waals surface area contributed by atoms with Gasteiger partial charge in [0, 0.05) is 31.6 Å². The van der Waals surface area contributed by atoms with Gasteiger partial charge in [-0.25, -0.2) is 0 Å². The van der Waals surface area contributed by atoms with E-state index in [1.54, 1.807) is 23.1 Å². The van der Waals surface area contributed by atoms with Crippen LogP contribution in [0.1, 0.15) is 31.2 Å². The summed E-state index contributed by atoms with van der Waals surface area (Å²) in [6.45, 7) is 0.741. The molecule has 0 bridgehead atoms. The van der Waals surface area contributed by atoms with Gasteiger partial charge in [-0.15, -0.1) is 4.40 Å². The molecule has 0 radical (unpaired) electrons. The molecule has 0 aliphatic carbocycles. The highest BCUT2D eigenvalue weighted by Gasteiger charge is 2.36. The molecule has 1 atom stereocenters. The third kappa shape index (κ3) is 3.76. The van der Waals surface area contributed by atoms with E-state index in [2.05, 4.69) is 4.40 Å². The Kier molecular flexibility index (Phi) is 5.12. The minimum Gasteiger partial charge on any atom is -0.455 e. The highest BCUT2D eigenvalue weighted by atomic mass is 32.2. The smallest absolute Gasteiger partial charge is 0.311 e. The van der Waals surface area contributed by atoms with Crippen molar-refractivity contribution in [2.75, 3.05) is 26.2 Å². The Morgan fingerprint density at radius 3 is 2.72 bits per heavy atom. The number of fused-ring (bicyclic) bond motifs is 1. The van der Waals surface area contributed by atoms with E-state index in [0.29, 0.717) is 50.2 Å². The van der Waals surface area contributed by atoms with Crippen LogP contribution in [0.25, 0.3) is 0 Å². The van der Waals surface area contributed by atoms with Crippen LogP contribution in [0.5, 0.6) is 0 Å². The number of piperidine rings is 1. The van der Waals surface area contributed by atoms with E-state index < -0.39 is 34.4 Å². The summed E-state index contributed by atoms with van der Waals surface area (Å²) in [7, 11) is -3.73. The second-order valence-electron chi connectivity index (χ2n) is 7.32. The van der Waals surface area contributed by atoms with Crippen LogP contribution < -0.4 is 0 Å². The molecule has 0 saturated carbocycles. The summed E-state index contributed by atoms with van der Waals surface area (Å²) < 4.78 is 33.6. The van der Waals surface area contributed by atoms with Gasteiger partial charge in [-0.1, -0.05) is 12.1 Å². The highest BCUT2D eigenvalue weighted by molar-refractivity contribution is 7.90. The molecule has 154 valence electrons. The van der Waals surface area contributed by atoms with E-state index >= 15 is 0 Å². The van der Waals surface area contributed by atoms with Crippen LogP contribution in [0.15, 0.2) is 33.6 Å². The molecule has 0 N–H and O–H groups in total. The van der Waals surface area contributed by atoms with Crippen LogP contribution in [-0.4, -0.2) is 68.1 Å². The number of amides is 2. The summed E-state index contributed by atoms with van der Waals surface area (Å²) in [6, 6.07) is 6.61. The molecule has 29 heavy (non-hydrogen) atoms. The number of hydrogen-bond donors (Lipinski definition) is 0. The fourth-order valence-electron chi connectivity index (χ4n) is 3.92. The second-order valence-corrected chi connectivity index (χ2v) is 8.89. The zero-order valence-corrected chi connectivity index (χ0v) is 16.6. The fraction of sp³-hybridized carbons (Fsp3) is 0.474. The second kappa shape index (κ2) is 7.58. The Hall–Kier alpha value is -2.75. The molecular formula is C19H21N3O6S. The first-order valence-electron chi connectivity index (χ1n) is 9.56. The predicted molar refractivity (Wildman–Crippen MR) is 101 cm³/mol. The van der Waals surface area contributed by atoms with Crippen LogP contribution in [0.2, 0.25) is 0 Å². The van der Waals surface area contributed by atoms with Gasteiger partial charge in [0.05, 0.1) is 5.92 Å². The monoisotopic (exact) mass is 419 g/mol. The minimum atomic E-state index is -3.73. The lowest BCUT2D eigenvalue weighted by Crippen LogP contribution is -2.43. The number of amidine groups is 1. The summed E-state index contributed by atoms with van der Waals surface area (Å²) in [5, 5.41) is 0. The molecule has 2 amide bonds. The number of sulfonamides is 1. The van der Waals surface area contributed by atoms with Crippen LogP contribution in [-0.2, 0) is 29.1 Å². The van der Waals surface area contributed by atoms with Crippen molar-refractivity contribution in [3.05, 3.63) is 29.8 Å². The van der Waals surface area contributed by atoms with Crippen molar-refractivity contribution in [1.29, 1.82) is 0 Å². The average Bonchev–Trinajstić information content (AvgIpc) is 3.27. The first-order valence-corrected chi connectivity index (χ1v) is 11.0. The molecule has 4 rings (SSSR count). The molecular weight excluding hydrogens is 398 g/mol. The Bertz CT molecular complexity index is 1000. The summed E-state index contributed by atoms with van der Waals surface area (Å²) in [4.78, 5) is 39.2. The zero-order valence-electron chi connectivity index (χ0n) is 15.7. The summed E-state index contributed by atoms with van der Waals surface area (Å²) in [5.41, 5.74) is 0.532. The van der Waals surface area contributed by atoms with E-state index in [0.717, 1.165) is 4.90 Å². The largest absolute Gasteiger partial charge is 0.455 e. The van der Waals surface area contributed by atoms with E-state index in [9.17, 15) is 22.8 Å². The molecule has 10 heteroatoms. The topological polar surface area (TPSA) is 113 Å². The first-order chi connectivity index (χ1) is 13.9. The number of carbonyl (C=O) groups is 3. The standard InChI is InChI=1S/C19H21N3O6S/c23-16-8-4-10-22(16)17(24)12-28-19(25)13-5-3-9-21(11-13)18-14-6-1-2-7-15(14)29(26,27)20-18/h1-2,6-7,13H,3-5,8-12H2/t13-/m0/s1. The highest BCUT2D eigenvalue weighted by Crippen LogP contribution is 2.30. The summed E-state index contributed by atoms with van der Waals surface area (Å²) >= 11 is 0. The predicted octanol–water partition coefficient (Wildman–Crippen LogP) is 0.540. The maximum absolute atomic E-state index is 12.5. The molecule has 1 aromatic rings. The Labute approximate surface area is 168 Å².